The first-order chi connectivity index (χ1) is 19.0. The van der Waals surface area contributed by atoms with E-state index in [1.54, 1.807) is 30.3 Å². The fraction of sp³-hybridized carbons (Fsp3) is 0.370. The number of likely N-dealkylation sites (tertiary alicyclic amines) is 1. The molecule has 0 radical (unpaired) electrons. The molecule has 0 saturated carbocycles. The van der Waals surface area contributed by atoms with Crippen LogP contribution in [0.5, 0.6) is 5.75 Å². The van der Waals surface area contributed by atoms with Gasteiger partial charge in [0.15, 0.2) is 11.6 Å². The van der Waals surface area contributed by atoms with Crippen molar-refractivity contribution in [1.82, 2.24) is 24.8 Å². The predicted octanol–water partition coefficient (Wildman–Crippen LogP) is 4.06. The summed E-state index contributed by atoms with van der Waals surface area (Å²) in [5.74, 6) is -2.45. The average Bonchev–Trinajstić information content (AvgIpc) is 3.46. The monoisotopic (exact) mass is 571 g/mol. The molecule has 5 rings (SSSR count). The smallest absolute Gasteiger partial charge is 0.260 e. The van der Waals surface area contributed by atoms with E-state index >= 15 is 0 Å². The largest absolute Gasteiger partial charge is 0.496 e. The second-order valence-electron chi connectivity index (χ2n) is 9.97. The van der Waals surface area contributed by atoms with Crippen molar-refractivity contribution < 1.29 is 23.1 Å². The van der Waals surface area contributed by atoms with Gasteiger partial charge in [-0.05, 0) is 26.0 Å². The summed E-state index contributed by atoms with van der Waals surface area (Å²) in [5, 5.41) is 0.0144. The zero-order valence-electron chi connectivity index (χ0n) is 22.2. The minimum Gasteiger partial charge on any atom is -0.496 e. The lowest BCUT2D eigenvalue weighted by molar-refractivity contribution is -0.113. The molecule has 13 heteroatoms. The molecular formula is C27H28ClF2N7O3. The summed E-state index contributed by atoms with van der Waals surface area (Å²) in [6.45, 7) is 4.18. The van der Waals surface area contributed by atoms with E-state index in [0.29, 0.717) is 28.3 Å². The van der Waals surface area contributed by atoms with Crippen LogP contribution in [0.3, 0.4) is 0 Å². The van der Waals surface area contributed by atoms with E-state index in [1.807, 2.05) is 13.8 Å². The Morgan fingerprint density at radius 3 is 2.70 bits per heavy atom. The summed E-state index contributed by atoms with van der Waals surface area (Å²) in [6, 6.07) is 1.60. The van der Waals surface area contributed by atoms with Crippen LogP contribution in [0.2, 0.25) is 5.15 Å². The molecule has 3 aromatic heterocycles. The van der Waals surface area contributed by atoms with Crippen LogP contribution < -0.4 is 15.4 Å². The molecule has 210 valence electrons. The molecule has 3 N–H and O–H groups in total. The maximum absolute atomic E-state index is 13.7. The quantitative estimate of drug-likeness (QED) is 0.247. The third kappa shape index (κ3) is 5.28. The average molecular weight is 572 g/mol. The number of halogens is 3. The van der Waals surface area contributed by atoms with Crippen molar-refractivity contribution in [2.24, 2.45) is 0 Å². The molecular weight excluding hydrogens is 544 g/mol. The summed E-state index contributed by atoms with van der Waals surface area (Å²) < 4.78 is 32.4. The Morgan fingerprint density at radius 2 is 2.00 bits per heavy atom. The number of nitrogen functional groups attached to an aromatic ring is 1. The number of ether oxygens (including phenoxy) is 1. The first-order valence-electron chi connectivity index (χ1n) is 12.6. The number of ketones is 1. The number of aryl methyl sites for hydroxylation is 1. The summed E-state index contributed by atoms with van der Waals surface area (Å²) >= 11 is 6.44. The van der Waals surface area contributed by atoms with Crippen molar-refractivity contribution in [1.29, 1.82) is 0 Å². The number of amides is 1. The van der Waals surface area contributed by atoms with E-state index < -0.39 is 11.8 Å². The number of fused-ring (bicyclic) bond motifs is 1. The van der Waals surface area contributed by atoms with Gasteiger partial charge in [0.2, 0.25) is 5.95 Å². The van der Waals surface area contributed by atoms with Crippen LogP contribution >= 0.6 is 11.6 Å². The second-order valence-corrected chi connectivity index (χ2v) is 10.3. The van der Waals surface area contributed by atoms with Gasteiger partial charge in [0.25, 0.3) is 11.8 Å². The highest BCUT2D eigenvalue weighted by Crippen LogP contribution is 2.41. The molecule has 10 nitrogen and oxygen atoms in total. The van der Waals surface area contributed by atoms with Crippen molar-refractivity contribution in [3.8, 4) is 5.75 Å². The fourth-order valence-electron chi connectivity index (χ4n) is 5.02. The molecule has 0 spiro atoms. The first kappa shape index (κ1) is 27.7. The lowest BCUT2D eigenvalue weighted by Crippen LogP contribution is -2.41. The van der Waals surface area contributed by atoms with E-state index in [0.717, 1.165) is 11.1 Å². The zero-order valence-corrected chi connectivity index (χ0v) is 23.0. The van der Waals surface area contributed by atoms with Crippen molar-refractivity contribution in [3.63, 3.8) is 0 Å². The summed E-state index contributed by atoms with van der Waals surface area (Å²) in [5.41, 5.74) is 9.51. The van der Waals surface area contributed by atoms with E-state index in [9.17, 15) is 18.4 Å². The Bertz CT molecular complexity index is 1530. The number of carbonyl (C=O) groups is 2. The van der Waals surface area contributed by atoms with Gasteiger partial charge in [0.1, 0.15) is 10.9 Å². The lowest BCUT2D eigenvalue weighted by Gasteiger charge is -2.30. The topological polar surface area (TPSA) is 130 Å². The summed E-state index contributed by atoms with van der Waals surface area (Å²) in [6.07, 6.45) is 4.24. The maximum atomic E-state index is 13.7. The van der Waals surface area contributed by atoms with Gasteiger partial charge in [-0.15, -0.1) is 0 Å². The standard InChI is InChI=1S/C27H28ClF2N7O3/c1-14-10-33-19(15(2)22(14)40-3)12-37-24-21(23(28)34-26(31)35-24)18(25(37)39)9-17-8-16(11-32-17)20(38)13-36-6-4-27(29,30)5-7-36/h8-11,32H,4-7,12-13H2,1-3H3,(H2,31,34,35)/b18-9-. The van der Waals surface area contributed by atoms with Crippen molar-refractivity contribution in [2.75, 3.05) is 37.4 Å². The number of methoxy groups -OCH3 is 1. The van der Waals surface area contributed by atoms with Gasteiger partial charge < -0.3 is 15.5 Å². The minimum atomic E-state index is -2.68. The number of rotatable bonds is 7. The summed E-state index contributed by atoms with van der Waals surface area (Å²) in [4.78, 5) is 45.5. The van der Waals surface area contributed by atoms with Crippen molar-refractivity contribution in [2.45, 2.75) is 39.2 Å². The van der Waals surface area contributed by atoms with E-state index in [4.69, 9.17) is 22.1 Å². The Balaban J connectivity index is 1.42. The van der Waals surface area contributed by atoms with Gasteiger partial charge in [-0.25, -0.2) is 13.8 Å². The number of piperidine rings is 1. The zero-order chi connectivity index (χ0) is 28.8. The number of nitrogens with two attached hydrogens (primary N) is 1. The maximum Gasteiger partial charge on any atom is 0.260 e. The number of H-pyrrole nitrogens is 1. The number of hydrogen-bond donors (Lipinski definition) is 2. The first-order valence-corrected chi connectivity index (χ1v) is 13.0. The van der Waals surface area contributed by atoms with Gasteiger partial charge in [-0.2, -0.15) is 4.98 Å². The van der Waals surface area contributed by atoms with Crippen LogP contribution in [0.15, 0.2) is 18.5 Å². The Labute approximate surface area is 234 Å². The van der Waals surface area contributed by atoms with Crippen LogP contribution in [0.25, 0.3) is 11.6 Å². The molecule has 5 heterocycles. The number of anilines is 2. The van der Waals surface area contributed by atoms with E-state index in [-0.39, 0.29) is 67.3 Å². The number of carbonyl (C=O) groups excluding carboxylic acids is 2. The van der Waals surface area contributed by atoms with Gasteiger partial charge >= 0.3 is 0 Å². The Kier molecular flexibility index (Phi) is 7.32. The van der Waals surface area contributed by atoms with Gasteiger partial charge in [0.05, 0.1) is 37.0 Å². The highest BCUT2D eigenvalue weighted by atomic mass is 35.5. The molecule has 0 bridgehead atoms. The van der Waals surface area contributed by atoms with Gasteiger partial charge in [-0.1, -0.05) is 11.6 Å². The number of aromatic nitrogens is 4. The predicted molar refractivity (Wildman–Crippen MR) is 147 cm³/mol. The van der Waals surface area contributed by atoms with Gasteiger partial charge in [0, 0.05) is 60.7 Å². The number of aromatic amines is 1. The lowest BCUT2D eigenvalue weighted by atomic mass is 10.1. The summed E-state index contributed by atoms with van der Waals surface area (Å²) in [7, 11) is 1.57. The number of nitrogens with one attached hydrogen (secondary N) is 1. The van der Waals surface area contributed by atoms with Crippen LogP contribution in [0, 0.1) is 13.8 Å². The molecule has 2 aliphatic heterocycles. The molecule has 40 heavy (non-hydrogen) atoms. The molecule has 0 aliphatic carbocycles. The molecule has 1 amide bonds. The molecule has 0 unspecified atom stereocenters. The molecule has 0 atom stereocenters. The van der Waals surface area contributed by atoms with E-state index in [2.05, 4.69) is 19.9 Å². The highest BCUT2D eigenvalue weighted by Gasteiger charge is 2.38. The van der Waals surface area contributed by atoms with Crippen molar-refractivity contribution in [3.05, 3.63) is 57.3 Å². The number of pyridine rings is 1. The third-order valence-electron chi connectivity index (χ3n) is 7.20. The van der Waals surface area contributed by atoms with E-state index in [1.165, 1.54) is 11.1 Å². The number of Topliss-reactive ketones (excluding diaryl/α,β-unsaturated/α-hetero) is 1. The van der Waals surface area contributed by atoms with Crippen LogP contribution in [0.1, 0.15) is 51.3 Å². The third-order valence-corrected chi connectivity index (χ3v) is 7.48. The Hall–Kier alpha value is -3.90. The normalized spacial score (nSPS) is 17.9. The minimum absolute atomic E-state index is 0.0144. The van der Waals surface area contributed by atoms with Crippen LogP contribution in [-0.2, 0) is 11.3 Å². The highest BCUT2D eigenvalue weighted by molar-refractivity contribution is 6.41. The van der Waals surface area contributed by atoms with Crippen LogP contribution in [-0.4, -0.2) is 69.2 Å². The molecule has 1 saturated heterocycles. The number of hydrogen-bond acceptors (Lipinski definition) is 8. The molecule has 0 aromatic carbocycles. The van der Waals surface area contributed by atoms with Crippen LogP contribution in [0.4, 0.5) is 20.5 Å². The van der Waals surface area contributed by atoms with Crippen molar-refractivity contribution >= 4 is 46.7 Å². The second kappa shape index (κ2) is 10.6. The molecule has 1 fully saturated rings. The SMILES string of the molecule is COc1c(C)cnc(CN2C(=O)/C(=C\c3cc(C(=O)CN4CCC(F)(F)CC4)c[nH]3)c3c(Cl)nc(N)nc32)c1C. The number of nitrogens with zero attached hydrogens (tertiary/aromatic N) is 5. The fourth-order valence-corrected chi connectivity index (χ4v) is 5.29. The van der Waals surface area contributed by atoms with Gasteiger partial charge in [-0.3, -0.25) is 24.4 Å². The molecule has 3 aromatic rings. The number of alkyl halides is 2. The molecule has 2 aliphatic rings. The Morgan fingerprint density at radius 1 is 1.27 bits per heavy atom.